The molecule has 0 atom stereocenters. The van der Waals surface area contributed by atoms with Gasteiger partial charge in [-0.15, -0.1) is 0 Å². The Morgan fingerprint density at radius 2 is 1.81 bits per heavy atom. The summed E-state index contributed by atoms with van der Waals surface area (Å²) in [5, 5.41) is 8.42. The number of ether oxygens (including phenoxy) is 1. The number of halogens is 1. The van der Waals surface area contributed by atoms with E-state index < -0.39 is 0 Å². The lowest BCUT2D eigenvalue weighted by molar-refractivity contribution is 0.0937. The number of carbonyl (C=O) groups is 2. The minimum atomic E-state index is -0.348. The Morgan fingerprint density at radius 3 is 2.46 bits per heavy atom. The van der Waals surface area contributed by atoms with Crippen molar-refractivity contribution in [2.45, 2.75) is 13.5 Å². The van der Waals surface area contributed by atoms with Gasteiger partial charge >= 0.3 is 6.03 Å². The van der Waals surface area contributed by atoms with Crippen molar-refractivity contribution in [1.29, 1.82) is 0 Å². The van der Waals surface area contributed by atoms with E-state index in [1.54, 1.807) is 19.2 Å². The molecule has 6 nitrogen and oxygen atoms in total. The van der Waals surface area contributed by atoms with Gasteiger partial charge in [-0.25, -0.2) is 4.79 Å². The highest BCUT2D eigenvalue weighted by atomic mass is 35.5. The van der Waals surface area contributed by atoms with Crippen molar-refractivity contribution in [3.05, 3.63) is 64.2 Å². The number of hydrogen-bond acceptors (Lipinski definition) is 3. The van der Waals surface area contributed by atoms with Crippen molar-refractivity contribution < 1.29 is 14.3 Å². The maximum absolute atomic E-state index is 12.0. The minimum absolute atomic E-state index is 0.260. The first-order chi connectivity index (χ1) is 12.5. The van der Waals surface area contributed by atoms with E-state index in [1.807, 2.05) is 31.2 Å². The van der Waals surface area contributed by atoms with Crippen molar-refractivity contribution in [3.8, 4) is 0 Å². The van der Waals surface area contributed by atoms with Gasteiger partial charge in [-0.3, -0.25) is 4.79 Å². The van der Waals surface area contributed by atoms with Crippen LogP contribution in [-0.4, -0.2) is 32.2 Å². The normalized spacial score (nSPS) is 10.3. The summed E-state index contributed by atoms with van der Waals surface area (Å²) >= 11 is 6.14. The summed E-state index contributed by atoms with van der Waals surface area (Å²) in [6.45, 7) is 3.24. The zero-order valence-corrected chi connectivity index (χ0v) is 15.5. The van der Waals surface area contributed by atoms with Crippen LogP contribution in [0.4, 0.5) is 10.5 Å². The Labute approximate surface area is 157 Å². The van der Waals surface area contributed by atoms with Gasteiger partial charge in [0.2, 0.25) is 0 Å². The molecule has 0 fully saturated rings. The van der Waals surface area contributed by atoms with Crippen LogP contribution >= 0.6 is 11.6 Å². The van der Waals surface area contributed by atoms with Crippen molar-refractivity contribution in [3.63, 3.8) is 0 Å². The number of carbonyl (C=O) groups excluding carboxylic acids is 2. The number of benzene rings is 2. The van der Waals surface area contributed by atoms with Gasteiger partial charge in [-0.1, -0.05) is 41.4 Å². The van der Waals surface area contributed by atoms with Crippen LogP contribution in [0.3, 0.4) is 0 Å². The van der Waals surface area contributed by atoms with Crippen LogP contribution < -0.4 is 16.0 Å². The van der Waals surface area contributed by atoms with Gasteiger partial charge in [0.15, 0.2) is 0 Å². The number of anilines is 1. The smallest absolute Gasteiger partial charge is 0.319 e. The Morgan fingerprint density at radius 1 is 1.08 bits per heavy atom. The standard InChI is InChI=1S/C19H22ClN3O3/c1-13-3-5-14(6-4-13)12-22-19(25)23-15-7-8-16(17(20)11-15)18(24)21-9-10-26-2/h3-8,11H,9-10,12H2,1-2H3,(H,21,24)(H2,22,23,25). The topological polar surface area (TPSA) is 79.5 Å². The molecule has 0 saturated heterocycles. The third kappa shape index (κ3) is 6.06. The largest absolute Gasteiger partial charge is 0.383 e. The second-order valence-corrected chi connectivity index (χ2v) is 6.14. The third-order valence-corrected chi connectivity index (χ3v) is 3.95. The number of methoxy groups -OCH3 is 1. The van der Waals surface area contributed by atoms with Crippen LogP contribution in [0.5, 0.6) is 0 Å². The lowest BCUT2D eigenvalue weighted by atomic mass is 10.1. The molecule has 0 unspecified atom stereocenters. The van der Waals surface area contributed by atoms with Gasteiger partial charge in [-0.2, -0.15) is 0 Å². The summed E-state index contributed by atoms with van der Waals surface area (Å²) < 4.78 is 4.88. The Bertz CT molecular complexity index is 763. The molecule has 0 aliphatic heterocycles. The molecular formula is C19H22ClN3O3. The van der Waals surface area contributed by atoms with E-state index in [1.165, 1.54) is 11.6 Å². The van der Waals surface area contributed by atoms with E-state index in [0.717, 1.165) is 5.56 Å². The molecular weight excluding hydrogens is 354 g/mol. The highest BCUT2D eigenvalue weighted by Gasteiger charge is 2.11. The summed E-state index contributed by atoms with van der Waals surface area (Å²) in [6.07, 6.45) is 0. The molecule has 0 spiro atoms. The van der Waals surface area contributed by atoms with E-state index in [0.29, 0.717) is 30.9 Å². The molecule has 3 amide bonds. The fraction of sp³-hybridized carbons (Fsp3) is 0.263. The predicted molar refractivity (Wildman–Crippen MR) is 103 cm³/mol. The van der Waals surface area contributed by atoms with Crippen LogP contribution in [-0.2, 0) is 11.3 Å². The molecule has 2 aromatic rings. The molecule has 0 radical (unpaired) electrons. The zero-order chi connectivity index (χ0) is 18.9. The molecule has 0 bridgehead atoms. The molecule has 0 aliphatic carbocycles. The SMILES string of the molecule is COCCNC(=O)c1ccc(NC(=O)NCc2ccc(C)cc2)cc1Cl. The number of aryl methyl sites for hydroxylation is 1. The summed E-state index contributed by atoms with van der Waals surface area (Å²) in [5.74, 6) is -0.289. The van der Waals surface area contributed by atoms with Gasteiger partial charge in [0.1, 0.15) is 0 Å². The third-order valence-electron chi connectivity index (χ3n) is 3.64. The van der Waals surface area contributed by atoms with Gasteiger partial charge in [0.05, 0.1) is 17.2 Å². The van der Waals surface area contributed by atoms with E-state index >= 15 is 0 Å². The van der Waals surface area contributed by atoms with Crippen molar-refractivity contribution in [2.75, 3.05) is 25.6 Å². The second-order valence-electron chi connectivity index (χ2n) is 5.74. The van der Waals surface area contributed by atoms with E-state index in [-0.39, 0.29) is 17.0 Å². The summed E-state index contributed by atoms with van der Waals surface area (Å²) in [4.78, 5) is 24.0. The zero-order valence-electron chi connectivity index (χ0n) is 14.8. The Hall–Kier alpha value is -2.57. The van der Waals surface area contributed by atoms with Crippen LogP contribution in [0, 0.1) is 6.92 Å². The number of nitrogens with one attached hydrogen (secondary N) is 3. The number of rotatable bonds is 7. The molecule has 138 valence electrons. The molecule has 0 aliphatic rings. The molecule has 0 aromatic heterocycles. The summed E-state index contributed by atoms with van der Waals surface area (Å²) in [6, 6.07) is 12.3. The van der Waals surface area contributed by atoms with E-state index in [9.17, 15) is 9.59 Å². The van der Waals surface area contributed by atoms with Crippen molar-refractivity contribution >= 4 is 29.2 Å². The summed E-state index contributed by atoms with van der Waals surface area (Å²) in [7, 11) is 1.56. The van der Waals surface area contributed by atoms with Crippen molar-refractivity contribution in [2.24, 2.45) is 0 Å². The minimum Gasteiger partial charge on any atom is -0.383 e. The lowest BCUT2D eigenvalue weighted by Crippen LogP contribution is -2.28. The average molecular weight is 376 g/mol. The molecule has 3 N–H and O–H groups in total. The monoisotopic (exact) mass is 375 g/mol. The van der Waals surface area contributed by atoms with E-state index in [2.05, 4.69) is 16.0 Å². The van der Waals surface area contributed by atoms with Gasteiger partial charge in [-0.05, 0) is 30.7 Å². The number of urea groups is 1. The van der Waals surface area contributed by atoms with Gasteiger partial charge < -0.3 is 20.7 Å². The van der Waals surface area contributed by atoms with Gasteiger partial charge in [0, 0.05) is 25.9 Å². The first-order valence-corrected chi connectivity index (χ1v) is 8.54. The molecule has 2 rings (SSSR count). The first-order valence-electron chi connectivity index (χ1n) is 8.16. The fourth-order valence-electron chi connectivity index (χ4n) is 2.20. The van der Waals surface area contributed by atoms with Gasteiger partial charge in [0.25, 0.3) is 5.91 Å². The number of hydrogen-bond donors (Lipinski definition) is 3. The number of amides is 3. The van der Waals surface area contributed by atoms with E-state index in [4.69, 9.17) is 16.3 Å². The quantitative estimate of drug-likeness (QED) is 0.649. The Balaban J connectivity index is 1.88. The van der Waals surface area contributed by atoms with Crippen LogP contribution in [0.1, 0.15) is 21.5 Å². The Kier molecular flexibility index (Phi) is 7.44. The molecule has 0 heterocycles. The maximum atomic E-state index is 12.0. The average Bonchev–Trinajstić information content (AvgIpc) is 2.61. The first kappa shape index (κ1) is 19.8. The second kappa shape index (κ2) is 9.79. The molecule has 2 aromatic carbocycles. The lowest BCUT2D eigenvalue weighted by Gasteiger charge is -2.10. The molecule has 0 saturated carbocycles. The maximum Gasteiger partial charge on any atom is 0.319 e. The predicted octanol–water partition coefficient (Wildman–Crippen LogP) is 3.35. The highest BCUT2D eigenvalue weighted by Crippen LogP contribution is 2.21. The van der Waals surface area contributed by atoms with Crippen LogP contribution in [0.2, 0.25) is 5.02 Å². The van der Waals surface area contributed by atoms with Crippen LogP contribution in [0.25, 0.3) is 0 Å². The molecule has 26 heavy (non-hydrogen) atoms. The fourth-order valence-corrected chi connectivity index (χ4v) is 2.47. The molecule has 7 heteroatoms. The van der Waals surface area contributed by atoms with Crippen LogP contribution in [0.15, 0.2) is 42.5 Å². The summed E-state index contributed by atoms with van der Waals surface area (Å²) in [5.41, 5.74) is 3.02. The van der Waals surface area contributed by atoms with Crippen molar-refractivity contribution in [1.82, 2.24) is 10.6 Å². The highest BCUT2D eigenvalue weighted by molar-refractivity contribution is 6.34.